The van der Waals surface area contributed by atoms with E-state index >= 15 is 0 Å². The molecule has 2 unspecified atom stereocenters. The Morgan fingerprint density at radius 1 is 1.47 bits per heavy atom. The Balaban J connectivity index is 2.02. The summed E-state index contributed by atoms with van der Waals surface area (Å²) in [4.78, 5) is 4.49. The minimum atomic E-state index is 0.288. The van der Waals surface area contributed by atoms with Crippen LogP contribution >= 0.6 is 0 Å². The second-order valence-corrected chi connectivity index (χ2v) is 5.30. The van der Waals surface area contributed by atoms with E-state index in [0.717, 1.165) is 42.9 Å². The van der Waals surface area contributed by atoms with E-state index < -0.39 is 0 Å². The van der Waals surface area contributed by atoms with Crippen LogP contribution in [0.1, 0.15) is 26.0 Å². The predicted molar refractivity (Wildman–Crippen MR) is 73.8 cm³/mol. The summed E-state index contributed by atoms with van der Waals surface area (Å²) in [6, 6.07) is 0. The first-order valence-corrected chi connectivity index (χ1v) is 6.91. The smallest absolute Gasteiger partial charge is 0.202 e. The standard InChI is InChI=1S/C13H21N5O/c1-4-10-11-12(17(3)16-10)18(13(14)15-11)7-9-5-6-19-8(9)2/h8-9H,4-7H2,1-3H3,(H2,14,15). The van der Waals surface area contributed by atoms with Gasteiger partial charge in [-0.25, -0.2) is 4.98 Å². The number of nitrogen functional groups attached to an aromatic ring is 1. The Bertz CT molecular complexity index is 600. The zero-order valence-corrected chi connectivity index (χ0v) is 11.8. The maximum absolute atomic E-state index is 6.08. The molecule has 6 heteroatoms. The van der Waals surface area contributed by atoms with E-state index in [4.69, 9.17) is 10.5 Å². The lowest BCUT2D eigenvalue weighted by Gasteiger charge is -2.16. The van der Waals surface area contributed by atoms with Gasteiger partial charge in [-0.3, -0.25) is 9.25 Å². The van der Waals surface area contributed by atoms with Crippen LogP contribution in [0, 0.1) is 5.92 Å². The number of hydrogen-bond donors (Lipinski definition) is 1. The molecule has 1 aliphatic rings. The van der Waals surface area contributed by atoms with Crippen LogP contribution in [0.15, 0.2) is 0 Å². The minimum Gasteiger partial charge on any atom is -0.378 e. The van der Waals surface area contributed by atoms with Gasteiger partial charge in [-0.2, -0.15) is 5.10 Å². The summed E-state index contributed by atoms with van der Waals surface area (Å²) in [5, 5.41) is 4.51. The molecular weight excluding hydrogens is 242 g/mol. The van der Waals surface area contributed by atoms with Crippen LogP contribution in [0.2, 0.25) is 0 Å². The number of anilines is 1. The number of nitrogens with zero attached hydrogens (tertiary/aromatic N) is 4. The van der Waals surface area contributed by atoms with Gasteiger partial charge in [0.05, 0.1) is 11.8 Å². The largest absolute Gasteiger partial charge is 0.378 e. The van der Waals surface area contributed by atoms with E-state index in [1.54, 1.807) is 0 Å². The fraction of sp³-hybridized carbons (Fsp3) is 0.692. The molecule has 1 saturated heterocycles. The van der Waals surface area contributed by atoms with Gasteiger partial charge in [0, 0.05) is 26.1 Å². The normalized spacial score (nSPS) is 23.5. The number of aryl methyl sites for hydroxylation is 2. The van der Waals surface area contributed by atoms with E-state index in [2.05, 4.69) is 28.5 Å². The molecule has 3 heterocycles. The fourth-order valence-corrected chi connectivity index (χ4v) is 2.93. The van der Waals surface area contributed by atoms with Crippen molar-refractivity contribution >= 4 is 17.1 Å². The minimum absolute atomic E-state index is 0.288. The zero-order chi connectivity index (χ0) is 13.6. The van der Waals surface area contributed by atoms with Gasteiger partial charge in [0.2, 0.25) is 5.95 Å². The Labute approximate surface area is 112 Å². The molecule has 0 aliphatic carbocycles. The summed E-state index contributed by atoms with van der Waals surface area (Å²) in [6.45, 7) is 5.91. The molecule has 1 fully saturated rings. The lowest BCUT2D eigenvalue weighted by atomic mass is 10.0. The van der Waals surface area contributed by atoms with E-state index in [9.17, 15) is 0 Å². The molecular formula is C13H21N5O. The lowest BCUT2D eigenvalue weighted by Crippen LogP contribution is -2.19. The summed E-state index contributed by atoms with van der Waals surface area (Å²) in [5.41, 5.74) is 9.06. The highest BCUT2D eigenvalue weighted by molar-refractivity contribution is 5.77. The summed E-state index contributed by atoms with van der Waals surface area (Å²) in [5.74, 6) is 1.08. The van der Waals surface area contributed by atoms with Crippen molar-refractivity contribution in [1.29, 1.82) is 0 Å². The third-order valence-corrected chi connectivity index (χ3v) is 4.11. The number of hydrogen-bond acceptors (Lipinski definition) is 4. The van der Waals surface area contributed by atoms with Crippen molar-refractivity contribution in [1.82, 2.24) is 19.3 Å². The van der Waals surface area contributed by atoms with Gasteiger partial charge >= 0.3 is 0 Å². The lowest BCUT2D eigenvalue weighted by molar-refractivity contribution is 0.102. The molecule has 0 saturated carbocycles. The molecule has 0 spiro atoms. The molecule has 2 aromatic rings. The summed E-state index contributed by atoms with van der Waals surface area (Å²) in [6.07, 6.45) is 2.24. The van der Waals surface area contributed by atoms with E-state index in [1.165, 1.54) is 0 Å². The molecule has 3 rings (SSSR count). The molecule has 2 atom stereocenters. The molecule has 0 amide bonds. The highest BCUT2D eigenvalue weighted by Gasteiger charge is 2.27. The first kappa shape index (κ1) is 12.5. The van der Waals surface area contributed by atoms with Gasteiger partial charge in [-0.05, 0) is 19.8 Å². The highest BCUT2D eigenvalue weighted by Crippen LogP contribution is 2.27. The number of aromatic nitrogens is 4. The average Bonchev–Trinajstić information content (AvgIpc) is 3.00. The van der Waals surface area contributed by atoms with E-state index in [1.807, 2.05) is 11.7 Å². The third kappa shape index (κ3) is 1.90. The van der Waals surface area contributed by atoms with Crippen LogP contribution in [-0.4, -0.2) is 32.0 Å². The van der Waals surface area contributed by atoms with Gasteiger partial charge in [-0.15, -0.1) is 0 Å². The van der Waals surface area contributed by atoms with Gasteiger partial charge in [0.15, 0.2) is 5.65 Å². The fourth-order valence-electron chi connectivity index (χ4n) is 2.93. The molecule has 0 radical (unpaired) electrons. The molecule has 0 aromatic carbocycles. The van der Waals surface area contributed by atoms with Crippen LogP contribution in [0.4, 0.5) is 5.95 Å². The number of imidazole rings is 1. The zero-order valence-electron chi connectivity index (χ0n) is 11.8. The quantitative estimate of drug-likeness (QED) is 0.907. The van der Waals surface area contributed by atoms with Gasteiger partial charge in [-0.1, -0.05) is 6.92 Å². The van der Waals surface area contributed by atoms with Crippen LogP contribution in [-0.2, 0) is 24.8 Å². The Morgan fingerprint density at radius 3 is 2.89 bits per heavy atom. The van der Waals surface area contributed by atoms with Crippen LogP contribution in [0.5, 0.6) is 0 Å². The number of rotatable bonds is 3. The molecule has 6 nitrogen and oxygen atoms in total. The molecule has 2 N–H and O–H groups in total. The highest BCUT2D eigenvalue weighted by atomic mass is 16.5. The van der Waals surface area contributed by atoms with Crippen molar-refractivity contribution in [3.05, 3.63) is 5.69 Å². The summed E-state index contributed by atoms with van der Waals surface area (Å²) in [7, 11) is 1.95. The second-order valence-electron chi connectivity index (χ2n) is 5.30. The second kappa shape index (κ2) is 4.52. The number of ether oxygens (including phenoxy) is 1. The van der Waals surface area contributed by atoms with Crippen LogP contribution < -0.4 is 5.73 Å². The Hall–Kier alpha value is -1.56. The van der Waals surface area contributed by atoms with Gasteiger partial charge < -0.3 is 10.5 Å². The van der Waals surface area contributed by atoms with Crippen molar-refractivity contribution < 1.29 is 4.74 Å². The van der Waals surface area contributed by atoms with Crippen molar-refractivity contribution in [2.75, 3.05) is 12.3 Å². The van der Waals surface area contributed by atoms with Crippen LogP contribution in [0.25, 0.3) is 11.2 Å². The van der Waals surface area contributed by atoms with Crippen molar-refractivity contribution in [2.45, 2.75) is 39.3 Å². The Kier molecular flexibility index (Phi) is 2.97. The first-order chi connectivity index (χ1) is 9.11. The number of nitrogens with two attached hydrogens (primary N) is 1. The maximum atomic E-state index is 6.08. The van der Waals surface area contributed by atoms with Crippen molar-refractivity contribution in [3.63, 3.8) is 0 Å². The van der Waals surface area contributed by atoms with Crippen molar-refractivity contribution in [3.8, 4) is 0 Å². The molecule has 2 aromatic heterocycles. The van der Waals surface area contributed by atoms with E-state index in [0.29, 0.717) is 11.9 Å². The summed E-state index contributed by atoms with van der Waals surface area (Å²) < 4.78 is 9.59. The monoisotopic (exact) mass is 263 g/mol. The first-order valence-electron chi connectivity index (χ1n) is 6.91. The molecule has 19 heavy (non-hydrogen) atoms. The summed E-state index contributed by atoms with van der Waals surface area (Å²) >= 11 is 0. The topological polar surface area (TPSA) is 70.9 Å². The van der Waals surface area contributed by atoms with Crippen molar-refractivity contribution in [2.24, 2.45) is 13.0 Å². The van der Waals surface area contributed by atoms with E-state index in [-0.39, 0.29) is 6.10 Å². The SMILES string of the molecule is CCc1nn(C)c2c1nc(N)n2CC1CCOC1C. The average molecular weight is 263 g/mol. The molecule has 0 bridgehead atoms. The third-order valence-electron chi connectivity index (χ3n) is 4.11. The van der Waals surface area contributed by atoms with Gasteiger partial charge in [0.25, 0.3) is 0 Å². The predicted octanol–water partition coefficient (Wildman–Crippen LogP) is 1.34. The molecule has 1 aliphatic heterocycles. The maximum Gasteiger partial charge on any atom is 0.202 e. The van der Waals surface area contributed by atoms with Gasteiger partial charge in [0.1, 0.15) is 5.52 Å². The molecule has 104 valence electrons. The van der Waals surface area contributed by atoms with Crippen LogP contribution in [0.3, 0.4) is 0 Å². The Morgan fingerprint density at radius 2 is 2.26 bits per heavy atom. The number of fused-ring (bicyclic) bond motifs is 1.